The van der Waals surface area contributed by atoms with Gasteiger partial charge in [0, 0.05) is 18.8 Å². The highest BCUT2D eigenvalue weighted by atomic mass is 19.3. The van der Waals surface area contributed by atoms with Crippen molar-refractivity contribution < 1.29 is 27.5 Å². The van der Waals surface area contributed by atoms with Gasteiger partial charge in [-0.1, -0.05) is 19.1 Å². The van der Waals surface area contributed by atoms with Gasteiger partial charge in [-0.2, -0.15) is 5.10 Å². The molecule has 2 aromatic heterocycles. The standard InChI is InChI=1S/C24H26F3N5O3/c1-3-17(14-4-6-15(25)7-5-14)20(28)18-11-32-19(30-18)9-8-16(31-32)10-23(22(34)35-2)12-24(26,27)13-29-21(23)33/h4-9,11,17,20H,3,10,12-13,28H2,1-2H3,(H,29,33). The third-order valence-corrected chi connectivity index (χ3v) is 6.47. The van der Waals surface area contributed by atoms with E-state index in [0.717, 1.165) is 12.7 Å². The predicted molar refractivity (Wildman–Crippen MR) is 120 cm³/mol. The van der Waals surface area contributed by atoms with Crippen LogP contribution >= 0.6 is 0 Å². The molecule has 35 heavy (non-hydrogen) atoms. The van der Waals surface area contributed by atoms with Gasteiger partial charge in [-0.25, -0.2) is 22.7 Å². The Morgan fingerprint density at radius 2 is 1.97 bits per heavy atom. The number of amides is 1. The van der Waals surface area contributed by atoms with Gasteiger partial charge in [0.2, 0.25) is 5.91 Å². The zero-order valence-electron chi connectivity index (χ0n) is 19.3. The average molecular weight is 489 g/mol. The number of nitrogens with two attached hydrogens (primary N) is 1. The fourth-order valence-corrected chi connectivity index (χ4v) is 4.66. The van der Waals surface area contributed by atoms with Crippen molar-refractivity contribution in [2.45, 2.75) is 44.1 Å². The fourth-order valence-electron chi connectivity index (χ4n) is 4.66. The van der Waals surface area contributed by atoms with Crippen molar-refractivity contribution in [3.63, 3.8) is 0 Å². The second-order valence-corrected chi connectivity index (χ2v) is 8.85. The first-order chi connectivity index (χ1) is 16.6. The molecule has 1 aromatic carbocycles. The van der Waals surface area contributed by atoms with Gasteiger partial charge in [0.15, 0.2) is 11.1 Å². The number of carbonyl (C=O) groups is 2. The van der Waals surface area contributed by atoms with Gasteiger partial charge in [-0.05, 0) is 36.2 Å². The van der Waals surface area contributed by atoms with E-state index in [-0.39, 0.29) is 23.8 Å². The van der Waals surface area contributed by atoms with Crippen molar-refractivity contribution in [1.82, 2.24) is 19.9 Å². The van der Waals surface area contributed by atoms with E-state index in [9.17, 15) is 22.8 Å². The predicted octanol–water partition coefficient (Wildman–Crippen LogP) is 2.92. The van der Waals surface area contributed by atoms with Crippen molar-refractivity contribution in [3.8, 4) is 0 Å². The van der Waals surface area contributed by atoms with E-state index in [2.05, 4.69) is 15.4 Å². The maximum atomic E-state index is 14.2. The fraction of sp³-hybridized carbons (Fsp3) is 0.417. The van der Waals surface area contributed by atoms with Gasteiger partial charge in [0.25, 0.3) is 5.92 Å². The highest BCUT2D eigenvalue weighted by molar-refractivity contribution is 6.03. The molecular formula is C24H26F3N5O3. The van der Waals surface area contributed by atoms with Crippen molar-refractivity contribution in [2.75, 3.05) is 13.7 Å². The Morgan fingerprint density at radius 3 is 2.63 bits per heavy atom. The van der Waals surface area contributed by atoms with Crippen LogP contribution in [0.5, 0.6) is 0 Å². The Kier molecular flexibility index (Phi) is 6.54. The lowest BCUT2D eigenvalue weighted by Gasteiger charge is -2.37. The maximum absolute atomic E-state index is 14.2. The third kappa shape index (κ3) is 4.72. The number of rotatable bonds is 7. The summed E-state index contributed by atoms with van der Waals surface area (Å²) in [6.07, 6.45) is 0.957. The number of imidazole rings is 1. The first-order valence-electron chi connectivity index (χ1n) is 11.2. The first kappa shape index (κ1) is 24.6. The van der Waals surface area contributed by atoms with E-state index in [4.69, 9.17) is 10.5 Å². The number of benzene rings is 1. The van der Waals surface area contributed by atoms with Crippen LogP contribution in [-0.2, 0) is 20.7 Å². The minimum Gasteiger partial charge on any atom is -0.468 e. The number of fused-ring (bicyclic) bond motifs is 1. The van der Waals surface area contributed by atoms with E-state index >= 15 is 0 Å². The summed E-state index contributed by atoms with van der Waals surface area (Å²) in [5.74, 6) is -5.60. The molecule has 8 nitrogen and oxygen atoms in total. The van der Waals surface area contributed by atoms with E-state index in [0.29, 0.717) is 17.8 Å². The number of hydrogen-bond donors (Lipinski definition) is 2. The number of nitrogens with zero attached hydrogens (tertiary/aromatic N) is 3. The number of hydrogen-bond acceptors (Lipinski definition) is 6. The molecule has 186 valence electrons. The summed E-state index contributed by atoms with van der Waals surface area (Å²) < 4.78 is 47.9. The monoisotopic (exact) mass is 489 g/mol. The summed E-state index contributed by atoms with van der Waals surface area (Å²) in [6, 6.07) is 8.76. The second kappa shape index (κ2) is 9.29. The van der Waals surface area contributed by atoms with Gasteiger partial charge in [-0.15, -0.1) is 0 Å². The van der Waals surface area contributed by atoms with Crippen molar-refractivity contribution in [1.29, 1.82) is 0 Å². The largest absolute Gasteiger partial charge is 0.468 e. The number of halogens is 3. The molecule has 1 aliphatic heterocycles. The van der Waals surface area contributed by atoms with Gasteiger partial charge in [-0.3, -0.25) is 9.59 Å². The first-order valence-corrected chi connectivity index (χ1v) is 11.2. The molecule has 0 radical (unpaired) electrons. The quantitative estimate of drug-likeness (QED) is 0.390. The van der Waals surface area contributed by atoms with Crippen LogP contribution in [0.3, 0.4) is 0 Å². The molecule has 3 heterocycles. The molecule has 1 saturated heterocycles. The van der Waals surface area contributed by atoms with Crippen LogP contribution in [0.4, 0.5) is 13.2 Å². The maximum Gasteiger partial charge on any atom is 0.322 e. The number of esters is 1. The topological polar surface area (TPSA) is 112 Å². The van der Waals surface area contributed by atoms with Crippen LogP contribution in [0, 0.1) is 11.2 Å². The lowest BCUT2D eigenvalue weighted by Crippen LogP contribution is -2.59. The zero-order valence-corrected chi connectivity index (χ0v) is 19.3. The third-order valence-electron chi connectivity index (χ3n) is 6.47. The van der Waals surface area contributed by atoms with Crippen molar-refractivity contribution in [2.24, 2.45) is 11.1 Å². The van der Waals surface area contributed by atoms with Crippen LogP contribution in [0.25, 0.3) is 5.65 Å². The number of piperidine rings is 1. The van der Waals surface area contributed by atoms with Crippen LogP contribution in [0.2, 0.25) is 0 Å². The van der Waals surface area contributed by atoms with E-state index < -0.39 is 42.2 Å². The molecule has 3 atom stereocenters. The zero-order chi connectivity index (χ0) is 25.4. The van der Waals surface area contributed by atoms with Gasteiger partial charge in [0.1, 0.15) is 5.82 Å². The number of ether oxygens (including phenoxy) is 1. The Bertz CT molecular complexity index is 1240. The minimum atomic E-state index is -3.27. The highest BCUT2D eigenvalue weighted by Gasteiger charge is 2.57. The van der Waals surface area contributed by atoms with Gasteiger partial charge >= 0.3 is 5.97 Å². The molecule has 3 unspecified atom stereocenters. The molecule has 1 amide bonds. The second-order valence-electron chi connectivity index (χ2n) is 8.85. The van der Waals surface area contributed by atoms with Crippen molar-refractivity contribution in [3.05, 3.63) is 65.4 Å². The van der Waals surface area contributed by atoms with Gasteiger partial charge < -0.3 is 15.8 Å². The number of alkyl halides is 2. The molecule has 4 rings (SSSR count). The molecule has 3 aromatic rings. The summed E-state index contributed by atoms with van der Waals surface area (Å²) in [7, 11) is 1.05. The Hall–Kier alpha value is -3.47. The summed E-state index contributed by atoms with van der Waals surface area (Å²) in [5, 5.41) is 6.52. The lowest BCUT2D eigenvalue weighted by atomic mass is 9.74. The SMILES string of the molecule is CCC(c1ccc(F)cc1)C(N)c1cn2nc(CC3(C(=O)OC)CC(F)(F)CNC3=O)ccc2n1. The van der Waals surface area contributed by atoms with Crippen molar-refractivity contribution >= 4 is 17.5 Å². The molecule has 11 heteroatoms. The Balaban J connectivity index is 1.64. The molecule has 0 bridgehead atoms. The molecule has 1 aliphatic rings. The van der Waals surface area contributed by atoms with Crippen LogP contribution in [0.1, 0.15) is 48.7 Å². The minimum absolute atomic E-state index is 0.129. The number of carbonyl (C=O) groups excluding carboxylic acids is 2. The average Bonchev–Trinajstić information content (AvgIpc) is 3.26. The van der Waals surface area contributed by atoms with E-state index in [1.165, 1.54) is 22.7 Å². The Morgan fingerprint density at radius 1 is 1.26 bits per heavy atom. The molecule has 0 spiro atoms. The smallest absolute Gasteiger partial charge is 0.322 e. The van der Waals surface area contributed by atoms with Crippen LogP contribution in [-0.4, -0.2) is 46.1 Å². The van der Waals surface area contributed by atoms with Gasteiger partial charge in [0.05, 0.1) is 37.3 Å². The molecule has 0 saturated carbocycles. The summed E-state index contributed by atoms with van der Waals surface area (Å²) >= 11 is 0. The van der Waals surface area contributed by atoms with Crippen LogP contribution in [0.15, 0.2) is 42.6 Å². The van der Waals surface area contributed by atoms with E-state index in [1.54, 1.807) is 24.4 Å². The highest BCUT2D eigenvalue weighted by Crippen LogP contribution is 2.40. The summed E-state index contributed by atoms with van der Waals surface area (Å²) in [6.45, 7) is 1.13. The summed E-state index contributed by atoms with van der Waals surface area (Å²) in [4.78, 5) is 29.6. The Labute approximate surface area is 199 Å². The molecule has 1 fully saturated rings. The number of nitrogens with one attached hydrogen (secondary N) is 1. The lowest BCUT2D eigenvalue weighted by molar-refractivity contribution is -0.172. The van der Waals surface area contributed by atoms with E-state index in [1.807, 2.05) is 6.92 Å². The molecule has 3 N–H and O–H groups in total. The molecule has 0 aliphatic carbocycles. The summed E-state index contributed by atoms with van der Waals surface area (Å²) in [5.41, 5.74) is 6.50. The number of methoxy groups -OCH3 is 1. The van der Waals surface area contributed by atoms with Crippen LogP contribution < -0.4 is 11.1 Å². The normalized spacial score (nSPS) is 21.4. The number of aromatic nitrogens is 3. The molecular weight excluding hydrogens is 463 g/mol.